The van der Waals surface area contributed by atoms with Gasteiger partial charge in [-0.1, -0.05) is 24.3 Å². The maximum Gasteiger partial charge on any atom is 0.260 e. The summed E-state index contributed by atoms with van der Waals surface area (Å²) in [7, 11) is 0. The monoisotopic (exact) mass is 592 g/mol. The number of H-pyrrole nitrogens is 1. The highest BCUT2D eigenvalue weighted by Crippen LogP contribution is 2.54. The fourth-order valence-corrected chi connectivity index (χ4v) is 7.36. The minimum atomic E-state index is -1.91. The second-order valence-electron chi connectivity index (χ2n) is 11.7. The normalized spacial score (nSPS) is 19.8. The van der Waals surface area contributed by atoms with Gasteiger partial charge in [0.2, 0.25) is 16.3 Å². The summed E-state index contributed by atoms with van der Waals surface area (Å²) in [6.07, 6.45) is 9.83. The Labute approximate surface area is 247 Å². The van der Waals surface area contributed by atoms with Crippen LogP contribution in [0.3, 0.4) is 0 Å². The summed E-state index contributed by atoms with van der Waals surface area (Å²) in [5.41, 5.74) is -5.14. The van der Waals surface area contributed by atoms with Gasteiger partial charge in [0.05, 0.1) is 31.9 Å². The molecule has 1 aromatic heterocycles. The average Bonchev–Trinajstić information content (AvgIpc) is 3.49. The van der Waals surface area contributed by atoms with Crippen LogP contribution in [0, 0.1) is 10.4 Å². The molecule has 1 aromatic carbocycles. The predicted octanol–water partition coefficient (Wildman–Crippen LogP) is 1.08. The number of nitrogens with one attached hydrogen (secondary N) is 1. The number of allylic oxidation sites excluding steroid dienone is 3. The Morgan fingerprint density at radius 1 is 0.818 bits per heavy atom. The van der Waals surface area contributed by atoms with E-state index in [9.17, 15) is 39.3 Å². The minimum absolute atomic E-state index is 0.000430. The van der Waals surface area contributed by atoms with Crippen molar-refractivity contribution < 1.29 is 15.3 Å². The van der Waals surface area contributed by atoms with Gasteiger partial charge in [0.25, 0.3) is 5.56 Å². The van der Waals surface area contributed by atoms with Crippen LogP contribution >= 0.6 is 0 Å². The predicted molar refractivity (Wildman–Crippen MR) is 167 cm³/mol. The van der Waals surface area contributed by atoms with E-state index in [-0.39, 0.29) is 29.5 Å². The molecule has 4 aliphatic carbocycles. The molecule has 4 N–H and O–H groups in total. The number of anilines is 1. The molecule has 44 heavy (non-hydrogen) atoms. The Morgan fingerprint density at radius 3 is 2.18 bits per heavy atom. The van der Waals surface area contributed by atoms with E-state index in [2.05, 4.69) is 4.98 Å². The second kappa shape index (κ2) is 9.63. The molecule has 5 aliphatic rings. The summed E-state index contributed by atoms with van der Waals surface area (Å²) in [5, 5.41) is 32.9. The molecule has 1 saturated heterocycles. The Hall–Kier alpha value is -5.25. The molecule has 2 heterocycles. The molecule has 10 heteroatoms. The number of hydrogen-bond donors (Lipinski definition) is 4. The molecule has 0 amide bonds. The van der Waals surface area contributed by atoms with E-state index in [0.717, 1.165) is 25.3 Å². The van der Waals surface area contributed by atoms with Gasteiger partial charge in [-0.25, -0.2) is 0 Å². The molecule has 222 valence electrons. The van der Waals surface area contributed by atoms with Gasteiger partial charge in [0, 0.05) is 30.4 Å². The first-order valence-electron chi connectivity index (χ1n) is 14.6. The lowest BCUT2D eigenvalue weighted by Crippen LogP contribution is -2.52. The van der Waals surface area contributed by atoms with Gasteiger partial charge >= 0.3 is 0 Å². The number of rotatable bonds is 3. The van der Waals surface area contributed by atoms with Crippen LogP contribution in [0.2, 0.25) is 0 Å². The number of nitrogens with zero attached hydrogens (tertiary/aromatic N) is 1. The Balaban J connectivity index is 1.54. The zero-order chi connectivity index (χ0) is 31.1. The largest absolute Gasteiger partial charge is 0.510 e. The zero-order valence-corrected chi connectivity index (χ0v) is 23.8. The number of aromatic amines is 1. The topological polar surface area (TPSA) is 165 Å². The molecular weight excluding hydrogens is 564 g/mol. The first-order chi connectivity index (χ1) is 21.1. The highest BCUT2D eigenvalue weighted by molar-refractivity contribution is 5.94. The van der Waals surface area contributed by atoms with Gasteiger partial charge in [-0.05, 0) is 62.1 Å². The summed E-state index contributed by atoms with van der Waals surface area (Å²) >= 11 is 0. The van der Waals surface area contributed by atoms with Crippen LogP contribution in [-0.4, -0.2) is 33.4 Å². The highest BCUT2D eigenvalue weighted by Gasteiger charge is 2.53. The molecule has 1 spiro atoms. The average molecular weight is 593 g/mol. The Kier molecular flexibility index (Phi) is 6.04. The molecule has 7 rings (SSSR count). The van der Waals surface area contributed by atoms with Crippen LogP contribution in [0.1, 0.15) is 49.4 Å². The van der Waals surface area contributed by atoms with Crippen molar-refractivity contribution in [2.24, 2.45) is 0 Å². The van der Waals surface area contributed by atoms with Crippen LogP contribution < -0.4 is 42.6 Å². The van der Waals surface area contributed by atoms with Gasteiger partial charge in [0.1, 0.15) is 22.7 Å². The molecule has 10 nitrogen and oxygen atoms in total. The van der Waals surface area contributed by atoms with Crippen molar-refractivity contribution in [2.75, 3.05) is 18.0 Å². The number of phenols is 1. The van der Waals surface area contributed by atoms with Crippen LogP contribution in [0.5, 0.6) is 5.75 Å². The lowest BCUT2D eigenvalue weighted by Gasteiger charge is -2.27. The van der Waals surface area contributed by atoms with Crippen LogP contribution in [0.4, 0.5) is 5.69 Å². The van der Waals surface area contributed by atoms with Crippen molar-refractivity contribution >= 4 is 34.1 Å². The van der Waals surface area contributed by atoms with Gasteiger partial charge in [0.15, 0.2) is 5.43 Å². The number of aliphatic hydroxyl groups is 2. The fourth-order valence-electron chi connectivity index (χ4n) is 7.36. The van der Waals surface area contributed by atoms with Crippen molar-refractivity contribution in [3.63, 3.8) is 0 Å². The first kappa shape index (κ1) is 27.6. The molecule has 1 aliphatic heterocycles. The van der Waals surface area contributed by atoms with E-state index in [1.807, 2.05) is 13.0 Å². The Bertz CT molecular complexity index is 2480. The number of aromatic hydroxyl groups is 1. The number of phenolic OH excluding ortho intramolecular Hbond substituents is 1. The van der Waals surface area contributed by atoms with E-state index < -0.39 is 70.8 Å². The third-order valence-corrected chi connectivity index (χ3v) is 9.35. The van der Waals surface area contributed by atoms with Gasteiger partial charge in [-0.3, -0.25) is 24.0 Å². The van der Waals surface area contributed by atoms with E-state index in [1.165, 1.54) is 0 Å². The van der Waals surface area contributed by atoms with E-state index in [1.54, 1.807) is 35.3 Å². The summed E-state index contributed by atoms with van der Waals surface area (Å²) in [6.45, 7) is 2.90. The van der Waals surface area contributed by atoms with Crippen molar-refractivity contribution in [3.8, 4) is 5.75 Å². The SMILES string of the molecule is C/C=C/C=C/c1cc2cc3c(c(O)c2c(=O)[nH]1)[C@@]1(CC3)C(O)=c2c(=O)c3c(=O)cc(N4CCCCC4)c(=O)c=3c(=O)c2=C1O. The summed E-state index contributed by atoms with van der Waals surface area (Å²) in [5.74, 6) is -1.89. The standard InChI is InChI=1S/C34H28N2O8/c1-2-3-5-8-18-14-17-13-16-9-10-34(26(16)30(41)21(17)33(44)35-18)31(42)24-25(32(34)43)29(40)23-22(28(24)39)20(37)15-19(27(23)38)36-11-6-4-7-12-36/h2-3,5,8,13-15,41-43H,4,6-7,9-12H2,1H3,(H,35,44)/b3-2+,8-5+/t34-/m0/s1. The molecular formula is C34H28N2O8. The number of aromatic nitrogens is 1. The number of aliphatic hydroxyl groups excluding tert-OH is 2. The quantitative estimate of drug-likeness (QED) is 0.255. The van der Waals surface area contributed by atoms with Crippen molar-refractivity contribution in [1.82, 2.24) is 4.98 Å². The lowest BCUT2D eigenvalue weighted by atomic mass is 9.78. The smallest absolute Gasteiger partial charge is 0.260 e. The number of pyridine rings is 1. The maximum atomic E-state index is 14.0. The van der Waals surface area contributed by atoms with Crippen LogP contribution in [0.15, 0.2) is 60.4 Å². The Morgan fingerprint density at radius 2 is 1.50 bits per heavy atom. The number of piperidine rings is 1. The third kappa shape index (κ3) is 3.51. The summed E-state index contributed by atoms with van der Waals surface area (Å²) in [6, 6.07) is 4.43. The van der Waals surface area contributed by atoms with Crippen molar-refractivity contribution in [1.29, 1.82) is 0 Å². The lowest BCUT2D eigenvalue weighted by molar-refractivity contribution is 0.362. The zero-order valence-electron chi connectivity index (χ0n) is 23.8. The molecule has 0 saturated carbocycles. The summed E-state index contributed by atoms with van der Waals surface area (Å²) in [4.78, 5) is 72.3. The number of benzene rings is 1. The highest BCUT2D eigenvalue weighted by atomic mass is 16.3. The summed E-state index contributed by atoms with van der Waals surface area (Å²) < 4.78 is 0. The van der Waals surface area contributed by atoms with Gasteiger partial charge in [-0.15, -0.1) is 0 Å². The molecule has 1 fully saturated rings. The van der Waals surface area contributed by atoms with Crippen molar-refractivity contribution in [3.05, 3.63) is 125 Å². The van der Waals surface area contributed by atoms with Gasteiger partial charge < -0.3 is 25.2 Å². The number of fused-ring (bicyclic) bond motifs is 4. The minimum Gasteiger partial charge on any atom is -0.510 e. The van der Waals surface area contributed by atoms with Gasteiger partial charge in [-0.2, -0.15) is 0 Å². The van der Waals surface area contributed by atoms with Crippen molar-refractivity contribution in [2.45, 2.75) is 44.4 Å². The number of aryl methyl sites for hydroxylation is 1. The van der Waals surface area contributed by atoms with Crippen LogP contribution in [-0.2, 0) is 11.8 Å². The third-order valence-electron chi connectivity index (χ3n) is 9.35. The molecule has 0 radical (unpaired) electrons. The number of hydrogen-bond acceptors (Lipinski definition) is 9. The molecule has 1 atom stereocenters. The second-order valence-corrected chi connectivity index (χ2v) is 11.7. The molecule has 0 bridgehead atoms. The molecule has 0 unspecified atom stereocenters. The van der Waals surface area contributed by atoms with Crippen LogP contribution in [0.25, 0.3) is 28.4 Å². The van der Waals surface area contributed by atoms with E-state index in [4.69, 9.17) is 0 Å². The fraction of sp³-hybridized carbons (Fsp3) is 0.265. The first-order valence-corrected chi connectivity index (χ1v) is 14.6. The molecule has 2 aromatic rings. The maximum absolute atomic E-state index is 14.0. The van der Waals surface area contributed by atoms with E-state index >= 15 is 0 Å². The van der Waals surface area contributed by atoms with E-state index in [0.29, 0.717) is 29.7 Å².